The molecule has 2 fully saturated rings. The molecule has 55 heavy (non-hydrogen) atoms. The van der Waals surface area contributed by atoms with E-state index >= 15 is 0 Å². The number of hydrogen-bond acceptors (Lipinski definition) is 6. The van der Waals surface area contributed by atoms with E-state index in [-0.39, 0.29) is 23.7 Å². The summed E-state index contributed by atoms with van der Waals surface area (Å²) in [6.07, 6.45) is 11.6. The molecule has 13 heteroatoms. The Morgan fingerprint density at radius 3 is 1.24 bits per heavy atom. The summed E-state index contributed by atoms with van der Waals surface area (Å²) in [5.41, 5.74) is 6.38. The molecule has 0 radical (unpaired) electrons. The van der Waals surface area contributed by atoms with E-state index in [9.17, 15) is 28.8 Å². The van der Waals surface area contributed by atoms with Crippen molar-refractivity contribution in [2.45, 2.75) is 91.9 Å². The van der Waals surface area contributed by atoms with E-state index in [2.05, 4.69) is 31.9 Å². The van der Waals surface area contributed by atoms with Crippen LogP contribution in [-0.4, -0.2) is 37.5 Å². The SMILES string of the molecule is CC(C)=C1[C]([Mo][C]2=c3ccc(NC=O)c(NC=O)c3=C(NC(=O)C3CCCCC3)C2=C(C)C)=c2ccc(NC=O)c(NC=O)c2=C1NC(=O)C1CCCCC1. The van der Waals surface area contributed by atoms with Crippen molar-refractivity contribution in [1.82, 2.24) is 10.6 Å². The van der Waals surface area contributed by atoms with E-state index in [1.54, 1.807) is 12.1 Å². The number of nitrogens with one attached hydrogen (secondary N) is 6. The van der Waals surface area contributed by atoms with Crippen molar-refractivity contribution in [1.29, 1.82) is 0 Å². The van der Waals surface area contributed by atoms with Gasteiger partial charge in [0.05, 0.1) is 0 Å². The molecule has 288 valence electrons. The Morgan fingerprint density at radius 1 is 0.545 bits per heavy atom. The first-order chi connectivity index (χ1) is 26.6. The Hall–Kier alpha value is -5.09. The molecule has 6 rings (SSSR count). The fraction of sp³-hybridized carbons (Fsp3) is 0.381. The van der Waals surface area contributed by atoms with Crippen LogP contribution in [0.25, 0.3) is 19.3 Å². The Morgan fingerprint density at radius 2 is 0.909 bits per heavy atom. The zero-order valence-electron chi connectivity index (χ0n) is 31.7. The van der Waals surface area contributed by atoms with E-state index < -0.39 is 18.6 Å². The van der Waals surface area contributed by atoms with E-state index in [4.69, 9.17) is 0 Å². The van der Waals surface area contributed by atoms with Gasteiger partial charge in [0.25, 0.3) is 0 Å². The number of fused-ring (bicyclic) bond motifs is 2. The van der Waals surface area contributed by atoms with Crippen LogP contribution < -0.4 is 52.8 Å². The maximum atomic E-state index is 14.0. The van der Waals surface area contributed by atoms with Gasteiger partial charge >= 0.3 is 330 Å². The summed E-state index contributed by atoms with van der Waals surface area (Å²) in [6.45, 7) is 8.00. The van der Waals surface area contributed by atoms with Gasteiger partial charge in [-0.3, -0.25) is 0 Å². The molecule has 2 aromatic carbocycles. The van der Waals surface area contributed by atoms with Crippen molar-refractivity contribution in [2.75, 3.05) is 21.3 Å². The fourth-order valence-electron chi connectivity index (χ4n) is 8.33. The molecule has 2 aromatic rings. The van der Waals surface area contributed by atoms with Crippen LogP contribution >= 0.6 is 0 Å². The zero-order valence-corrected chi connectivity index (χ0v) is 33.7. The molecule has 0 bridgehead atoms. The van der Waals surface area contributed by atoms with Crippen molar-refractivity contribution in [3.8, 4) is 0 Å². The van der Waals surface area contributed by atoms with Crippen molar-refractivity contribution in [3.05, 3.63) is 67.4 Å². The van der Waals surface area contributed by atoms with Crippen molar-refractivity contribution in [3.63, 3.8) is 0 Å². The first kappa shape index (κ1) is 39.6. The van der Waals surface area contributed by atoms with Crippen LogP contribution in [-0.2, 0) is 47.3 Å². The van der Waals surface area contributed by atoms with Crippen molar-refractivity contribution in [2.24, 2.45) is 11.8 Å². The predicted molar refractivity (Wildman–Crippen MR) is 210 cm³/mol. The number of anilines is 4. The monoisotopic (exact) mass is 830 g/mol. The number of carbonyl (C=O) groups excluding carboxylic acids is 6. The van der Waals surface area contributed by atoms with Crippen LogP contribution in [0.4, 0.5) is 22.7 Å². The van der Waals surface area contributed by atoms with Gasteiger partial charge < -0.3 is 0 Å². The average Bonchev–Trinajstić information content (AvgIpc) is 3.66. The Kier molecular flexibility index (Phi) is 12.7. The van der Waals surface area contributed by atoms with Crippen LogP contribution in [0.5, 0.6) is 0 Å². The average molecular weight is 829 g/mol. The molecule has 0 heterocycles. The number of allylic oxidation sites excluding steroid dienone is 2. The molecule has 0 atom stereocenters. The number of hydrogen-bond donors (Lipinski definition) is 6. The van der Waals surface area contributed by atoms with Gasteiger partial charge in [-0.05, 0) is 0 Å². The molecule has 0 aliphatic heterocycles. The summed E-state index contributed by atoms with van der Waals surface area (Å²) in [7, 11) is 0. The summed E-state index contributed by atoms with van der Waals surface area (Å²) >= 11 is -1.44. The first-order valence-electron chi connectivity index (χ1n) is 18.9. The minimum atomic E-state index is -1.44. The number of carbonyl (C=O) groups is 6. The summed E-state index contributed by atoms with van der Waals surface area (Å²) in [5, 5.41) is 20.6. The molecule has 0 saturated heterocycles. The molecular formula is C42H48MoN6O6. The Balaban J connectivity index is 1.64. The summed E-state index contributed by atoms with van der Waals surface area (Å²) < 4.78 is 2.01. The molecule has 6 amide bonds. The third kappa shape index (κ3) is 7.87. The van der Waals surface area contributed by atoms with Crippen LogP contribution in [0.1, 0.15) is 91.9 Å². The second-order valence-corrected chi connectivity index (χ2v) is 17.3. The van der Waals surface area contributed by atoms with Gasteiger partial charge in [-0.25, -0.2) is 0 Å². The summed E-state index contributed by atoms with van der Waals surface area (Å²) in [4.78, 5) is 75.6. The number of rotatable bonds is 14. The van der Waals surface area contributed by atoms with Gasteiger partial charge in [-0.2, -0.15) is 0 Å². The second-order valence-electron chi connectivity index (χ2n) is 14.8. The van der Waals surface area contributed by atoms with E-state index in [1.165, 1.54) is 0 Å². The molecule has 2 saturated carbocycles. The Labute approximate surface area is 328 Å². The van der Waals surface area contributed by atoms with Gasteiger partial charge in [-0.15, -0.1) is 0 Å². The molecular weight excluding hydrogens is 780 g/mol. The predicted octanol–water partition coefficient (Wildman–Crippen LogP) is 3.27. The van der Waals surface area contributed by atoms with E-state index in [1.807, 2.05) is 39.8 Å². The number of benzene rings is 2. The first-order valence-corrected chi connectivity index (χ1v) is 21.0. The normalized spacial score (nSPS) is 16.9. The molecule has 4 aliphatic carbocycles. The van der Waals surface area contributed by atoms with E-state index in [0.717, 1.165) is 105 Å². The van der Waals surface area contributed by atoms with Crippen molar-refractivity contribution >= 4 is 79.5 Å². The number of amides is 6. The van der Waals surface area contributed by atoms with Crippen LogP contribution in [0.3, 0.4) is 0 Å². The molecule has 12 nitrogen and oxygen atoms in total. The summed E-state index contributed by atoms with van der Waals surface area (Å²) in [5.74, 6) is -0.425. The van der Waals surface area contributed by atoms with Gasteiger partial charge in [0.2, 0.25) is 0 Å². The molecule has 6 N–H and O–H groups in total. The molecule has 4 aliphatic rings. The fourth-order valence-corrected chi connectivity index (χ4v) is 12.2. The van der Waals surface area contributed by atoms with Gasteiger partial charge in [0.1, 0.15) is 0 Å². The van der Waals surface area contributed by atoms with Gasteiger partial charge in [0, 0.05) is 0 Å². The van der Waals surface area contributed by atoms with Crippen LogP contribution in [0.15, 0.2) is 46.6 Å². The van der Waals surface area contributed by atoms with E-state index in [0.29, 0.717) is 70.2 Å². The van der Waals surface area contributed by atoms with Gasteiger partial charge in [-0.1, -0.05) is 0 Å². The third-order valence-electron chi connectivity index (χ3n) is 10.8. The third-order valence-corrected chi connectivity index (χ3v) is 13.9. The molecule has 0 spiro atoms. The van der Waals surface area contributed by atoms with Crippen molar-refractivity contribution < 1.29 is 47.3 Å². The second kappa shape index (κ2) is 17.6. The van der Waals surface area contributed by atoms with Crippen LogP contribution in [0, 0.1) is 11.8 Å². The van der Waals surface area contributed by atoms with Crippen LogP contribution in [0.2, 0.25) is 0 Å². The topological polar surface area (TPSA) is 175 Å². The van der Waals surface area contributed by atoms with Gasteiger partial charge in [0.15, 0.2) is 0 Å². The standard InChI is InChI=1S/2C21H24N3O3.Mo/c2*1-13(2)16-10-15-8-9-17(22-11-25)20(23-12-26)18(15)19(16)24-21(27)14-6-4-3-5-7-14;/h2*8-9,11-12,14H,3-7H2,1-2H3,(H,22,25)(H,23,26)(H,24,27);. The minimum absolute atomic E-state index is 0.0725. The quantitative estimate of drug-likeness (QED) is 0.126. The molecule has 0 unspecified atom stereocenters. The zero-order chi connectivity index (χ0) is 39.2. The molecule has 0 aromatic heterocycles. The maximum absolute atomic E-state index is 14.0. The Bertz CT molecular complexity index is 2110. The summed E-state index contributed by atoms with van der Waals surface area (Å²) in [6, 6.07) is 7.34.